The van der Waals surface area contributed by atoms with Crippen LogP contribution in [0.15, 0.2) is 12.7 Å². The number of nitrogens with zero attached hydrogens (tertiary/aromatic N) is 3. The highest BCUT2D eigenvalue weighted by atomic mass is 15.3. The van der Waals surface area contributed by atoms with Gasteiger partial charge >= 0.3 is 0 Å². The van der Waals surface area contributed by atoms with Crippen LogP contribution >= 0.6 is 0 Å². The molecule has 0 N–H and O–H groups in total. The lowest BCUT2D eigenvalue weighted by atomic mass is 9.49. The first kappa shape index (κ1) is 13.5. The molecule has 0 amide bonds. The molecule has 3 nitrogen and oxygen atoms in total. The summed E-state index contributed by atoms with van der Waals surface area (Å²) in [5.74, 6) is 5.34. The van der Waals surface area contributed by atoms with Crippen molar-refractivity contribution in [3.8, 4) is 0 Å². The van der Waals surface area contributed by atoms with Gasteiger partial charge in [0, 0.05) is 18.4 Å². The molecule has 1 aromatic rings. The van der Waals surface area contributed by atoms with Crippen molar-refractivity contribution < 1.29 is 0 Å². The van der Waals surface area contributed by atoms with Gasteiger partial charge in [-0.15, -0.1) is 16.8 Å². The molecule has 1 heterocycles. The predicted octanol–water partition coefficient (Wildman–Crippen LogP) is 3.88. The fourth-order valence-electron chi connectivity index (χ4n) is 5.84. The Morgan fingerprint density at radius 2 is 1.76 bits per heavy atom. The molecule has 0 spiro atoms. The van der Waals surface area contributed by atoms with Gasteiger partial charge in [0.15, 0.2) is 0 Å². The molecule has 0 atom stereocenters. The maximum absolute atomic E-state index is 4.71. The first-order valence-electron chi connectivity index (χ1n) is 8.77. The molecule has 4 saturated carbocycles. The van der Waals surface area contributed by atoms with Crippen LogP contribution in [-0.2, 0) is 18.4 Å². The van der Waals surface area contributed by atoms with Crippen LogP contribution in [0, 0.1) is 17.8 Å². The van der Waals surface area contributed by atoms with Crippen molar-refractivity contribution in [2.45, 2.75) is 70.3 Å². The summed E-state index contributed by atoms with van der Waals surface area (Å²) in [5.41, 5.74) is 0.344. The second-order valence-corrected chi connectivity index (χ2v) is 7.79. The van der Waals surface area contributed by atoms with E-state index in [4.69, 9.17) is 5.10 Å². The minimum Gasteiger partial charge on any atom is -0.311 e. The smallest absolute Gasteiger partial charge is 0.139 e. The molecular weight excluding hydrogens is 258 g/mol. The molecule has 5 rings (SSSR count). The molecule has 4 bridgehead atoms. The van der Waals surface area contributed by atoms with Gasteiger partial charge in [0.1, 0.15) is 11.6 Å². The molecule has 0 saturated heterocycles. The highest BCUT2D eigenvalue weighted by Gasteiger charge is 2.53. The largest absolute Gasteiger partial charge is 0.311 e. The predicted molar refractivity (Wildman–Crippen MR) is 84.1 cm³/mol. The van der Waals surface area contributed by atoms with E-state index >= 15 is 0 Å². The van der Waals surface area contributed by atoms with Gasteiger partial charge in [-0.05, 0) is 62.7 Å². The van der Waals surface area contributed by atoms with Crippen LogP contribution in [0.2, 0.25) is 0 Å². The molecule has 0 radical (unpaired) electrons. The van der Waals surface area contributed by atoms with Crippen LogP contribution in [0.1, 0.15) is 63.5 Å². The highest BCUT2D eigenvalue weighted by Crippen LogP contribution is 2.60. The Hall–Kier alpha value is -1.12. The molecule has 0 unspecified atom stereocenters. The van der Waals surface area contributed by atoms with Crippen molar-refractivity contribution in [2.75, 3.05) is 0 Å². The minimum absolute atomic E-state index is 0.344. The molecule has 4 aliphatic rings. The summed E-state index contributed by atoms with van der Waals surface area (Å²) < 4.78 is 2.39. The maximum Gasteiger partial charge on any atom is 0.139 e. The number of hydrogen-bond donors (Lipinski definition) is 0. The number of rotatable bonds is 5. The Bertz CT molecular complexity index is 507. The molecule has 21 heavy (non-hydrogen) atoms. The lowest BCUT2D eigenvalue weighted by Gasteiger charge is -2.56. The standard InChI is InChI=1S/C18H27N3/c1-3-5-16-19-20-17(21(16)6-4-2)18-10-13-7-14(11-18)9-15(8-13)12-18/h4,13-15H,2-3,5-12H2,1H3. The Kier molecular flexibility index (Phi) is 3.20. The van der Waals surface area contributed by atoms with Crippen molar-refractivity contribution in [1.29, 1.82) is 0 Å². The van der Waals surface area contributed by atoms with E-state index in [1.54, 1.807) is 0 Å². The lowest BCUT2D eigenvalue weighted by Crippen LogP contribution is -2.49. The maximum atomic E-state index is 4.71. The van der Waals surface area contributed by atoms with Crippen LogP contribution in [0.4, 0.5) is 0 Å². The third kappa shape index (κ3) is 2.08. The molecule has 0 aromatic carbocycles. The summed E-state index contributed by atoms with van der Waals surface area (Å²) in [5, 5.41) is 9.26. The average Bonchev–Trinajstić information content (AvgIpc) is 2.82. The summed E-state index contributed by atoms with van der Waals surface area (Å²) in [6, 6.07) is 0. The number of allylic oxidation sites excluding steroid dienone is 1. The van der Waals surface area contributed by atoms with E-state index in [1.165, 1.54) is 50.2 Å². The lowest BCUT2D eigenvalue weighted by molar-refractivity contribution is -0.0110. The summed E-state index contributed by atoms with van der Waals surface area (Å²) in [6.45, 7) is 7.04. The molecule has 0 aliphatic heterocycles. The summed E-state index contributed by atoms with van der Waals surface area (Å²) in [6.07, 6.45) is 12.7. The van der Waals surface area contributed by atoms with Crippen LogP contribution in [-0.4, -0.2) is 14.8 Å². The molecule has 4 fully saturated rings. The van der Waals surface area contributed by atoms with Crippen molar-refractivity contribution in [1.82, 2.24) is 14.8 Å². The zero-order valence-corrected chi connectivity index (χ0v) is 13.2. The molecule has 114 valence electrons. The molecule has 3 heteroatoms. The normalized spacial score (nSPS) is 37.1. The van der Waals surface area contributed by atoms with Gasteiger partial charge in [0.25, 0.3) is 0 Å². The van der Waals surface area contributed by atoms with Gasteiger partial charge in [0.05, 0.1) is 0 Å². The summed E-state index contributed by atoms with van der Waals surface area (Å²) >= 11 is 0. The van der Waals surface area contributed by atoms with Gasteiger partial charge in [-0.1, -0.05) is 13.0 Å². The molecule has 4 aliphatic carbocycles. The first-order valence-corrected chi connectivity index (χ1v) is 8.77. The van der Waals surface area contributed by atoms with Crippen LogP contribution in [0.3, 0.4) is 0 Å². The Morgan fingerprint density at radius 3 is 2.29 bits per heavy atom. The second kappa shape index (κ2) is 4.96. The summed E-state index contributed by atoms with van der Waals surface area (Å²) in [7, 11) is 0. The van der Waals surface area contributed by atoms with Gasteiger partial charge < -0.3 is 4.57 Å². The third-order valence-electron chi connectivity index (χ3n) is 6.13. The van der Waals surface area contributed by atoms with E-state index in [2.05, 4.69) is 23.2 Å². The highest BCUT2D eigenvalue weighted by molar-refractivity contribution is 5.19. The Labute approximate surface area is 127 Å². The van der Waals surface area contributed by atoms with E-state index in [0.29, 0.717) is 5.41 Å². The monoisotopic (exact) mass is 285 g/mol. The summed E-state index contributed by atoms with van der Waals surface area (Å²) in [4.78, 5) is 0. The number of hydrogen-bond acceptors (Lipinski definition) is 2. The van der Waals surface area contributed by atoms with Crippen molar-refractivity contribution >= 4 is 0 Å². The van der Waals surface area contributed by atoms with E-state index in [-0.39, 0.29) is 0 Å². The number of aryl methyl sites for hydroxylation is 1. The first-order chi connectivity index (χ1) is 10.2. The van der Waals surface area contributed by atoms with Crippen molar-refractivity contribution in [3.63, 3.8) is 0 Å². The SMILES string of the molecule is C=CCn1c(CCC)nnc1C12CC3CC(CC(C3)C1)C2. The quantitative estimate of drug-likeness (QED) is 0.769. The molecular formula is C18H27N3. The average molecular weight is 285 g/mol. The van der Waals surface area contributed by atoms with Gasteiger partial charge in [-0.3, -0.25) is 0 Å². The van der Waals surface area contributed by atoms with E-state index < -0.39 is 0 Å². The van der Waals surface area contributed by atoms with Gasteiger partial charge in [-0.25, -0.2) is 0 Å². The number of aromatic nitrogens is 3. The zero-order chi connectivity index (χ0) is 14.4. The minimum atomic E-state index is 0.344. The third-order valence-corrected chi connectivity index (χ3v) is 6.13. The van der Waals surface area contributed by atoms with Crippen LogP contribution in [0.25, 0.3) is 0 Å². The zero-order valence-electron chi connectivity index (χ0n) is 13.2. The fourth-order valence-corrected chi connectivity index (χ4v) is 5.84. The second-order valence-electron chi connectivity index (χ2n) is 7.79. The van der Waals surface area contributed by atoms with Gasteiger partial charge in [0.2, 0.25) is 0 Å². The molecule has 1 aromatic heterocycles. The van der Waals surface area contributed by atoms with Gasteiger partial charge in [-0.2, -0.15) is 0 Å². The van der Waals surface area contributed by atoms with Crippen LogP contribution < -0.4 is 0 Å². The Balaban J connectivity index is 1.74. The van der Waals surface area contributed by atoms with Crippen molar-refractivity contribution in [3.05, 3.63) is 24.3 Å². The van der Waals surface area contributed by atoms with Crippen molar-refractivity contribution in [2.24, 2.45) is 17.8 Å². The van der Waals surface area contributed by atoms with E-state index in [1.807, 2.05) is 6.08 Å². The van der Waals surface area contributed by atoms with E-state index in [0.717, 1.165) is 37.1 Å². The topological polar surface area (TPSA) is 30.7 Å². The van der Waals surface area contributed by atoms with E-state index in [9.17, 15) is 0 Å². The van der Waals surface area contributed by atoms with Crippen LogP contribution in [0.5, 0.6) is 0 Å². The Morgan fingerprint density at radius 1 is 1.14 bits per heavy atom. The fraction of sp³-hybridized carbons (Fsp3) is 0.778.